The minimum absolute atomic E-state index is 0.0666. The van der Waals surface area contributed by atoms with Crippen molar-refractivity contribution in [2.75, 3.05) is 6.61 Å². The molecule has 0 fully saturated rings. The first-order valence-corrected chi connectivity index (χ1v) is 3.53. The minimum Gasteiger partial charge on any atom is -0.366 e. The second kappa shape index (κ2) is 2.97. The highest BCUT2D eigenvalue weighted by Crippen LogP contribution is 2.11. The van der Waals surface area contributed by atoms with Crippen molar-refractivity contribution in [2.24, 2.45) is 5.92 Å². The van der Waals surface area contributed by atoms with Crippen LogP contribution in [-0.4, -0.2) is 18.5 Å². The van der Waals surface area contributed by atoms with Gasteiger partial charge in [-0.05, 0) is 12.0 Å². The molecule has 1 aliphatic rings. The molecule has 56 valence electrons. The third-order valence-electron chi connectivity index (χ3n) is 1.55. The Bertz CT molecular complexity index is 159. The fraction of sp³-hybridized carbons (Fsp3) is 0.625. The van der Waals surface area contributed by atoms with Crippen LogP contribution in [-0.2, 0) is 9.53 Å². The lowest BCUT2D eigenvalue weighted by molar-refractivity contribution is -0.122. The van der Waals surface area contributed by atoms with Crippen molar-refractivity contribution in [3.63, 3.8) is 0 Å². The number of rotatable bonds is 1. The second-order valence-electron chi connectivity index (χ2n) is 2.85. The monoisotopic (exact) mass is 140 g/mol. The van der Waals surface area contributed by atoms with Crippen molar-refractivity contribution in [1.82, 2.24) is 0 Å². The average Bonchev–Trinajstić information content (AvgIpc) is 1.88. The summed E-state index contributed by atoms with van der Waals surface area (Å²) >= 11 is 0. The van der Waals surface area contributed by atoms with Gasteiger partial charge in [-0.1, -0.05) is 19.9 Å². The normalized spacial score (nSPS) is 25.9. The zero-order chi connectivity index (χ0) is 7.56. The average molecular weight is 140 g/mol. The number of ketones is 1. The van der Waals surface area contributed by atoms with Crippen molar-refractivity contribution >= 4 is 5.78 Å². The molecular formula is C8H12O2. The lowest BCUT2D eigenvalue weighted by Crippen LogP contribution is -2.24. The standard InChI is InChI=1S/C8H12O2/c1-6(2)8-4-3-7(9)5-10-8/h3-4,6,8H,5H2,1-2H3. The Morgan fingerprint density at radius 1 is 1.70 bits per heavy atom. The lowest BCUT2D eigenvalue weighted by atomic mass is 10.1. The largest absolute Gasteiger partial charge is 0.366 e. The number of ether oxygens (including phenoxy) is 1. The molecule has 2 heteroatoms. The number of carbonyl (C=O) groups is 1. The zero-order valence-electron chi connectivity index (χ0n) is 6.33. The molecule has 0 amide bonds. The van der Waals surface area contributed by atoms with Crippen LogP contribution < -0.4 is 0 Å². The highest BCUT2D eigenvalue weighted by Gasteiger charge is 2.15. The van der Waals surface area contributed by atoms with E-state index >= 15 is 0 Å². The van der Waals surface area contributed by atoms with Crippen LogP contribution in [0.4, 0.5) is 0 Å². The van der Waals surface area contributed by atoms with Crippen LogP contribution in [0.2, 0.25) is 0 Å². The molecule has 2 nitrogen and oxygen atoms in total. The first-order chi connectivity index (χ1) is 4.70. The van der Waals surface area contributed by atoms with Gasteiger partial charge in [0.15, 0.2) is 5.78 Å². The van der Waals surface area contributed by atoms with Gasteiger partial charge >= 0.3 is 0 Å². The second-order valence-corrected chi connectivity index (χ2v) is 2.85. The van der Waals surface area contributed by atoms with Crippen LogP contribution in [0.5, 0.6) is 0 Å². The molecule has 0 bridgehead atoms. The number of hydrogen-bond acceptors (Lipinski definition) is 2. The SMILES string of the molecule is CC(C)C1C=CC(=O)CO1. The van der Waals surface area contributed by atoms with Crippen LogP contribution in [0.15, 0.2) is 12.2 Å². The van der Waals surface area contributed by atoms with Crippen molar-refractivity contribution in [2.45, 2.75) is 20.0 Å². The summed E-state index contributed by atoms with van der Waals surface area (Å²) in [5, 5.41) is 0. The Morgan fingerprint density at radius 2 is 2.40 bits per heavy atom. The molecule has 0 aromatic carbocycles. The van der Waals surface area contributed by atoms with Gasteiger partial charge < -0.3 is 4.74 Å². The van der Waals surface area contributed by atoms with Gasteiger partial charge in [0.1, 0.15) is 6.61 Å². The van der Waals surface area contributed by atoms with Gasteiger partial charge in [0.25, 0.3) is 0 Å². The summed E-state index contributed by atoms with van der Waals surface area (Å²) in [6, 6.07) is 0. The molecule has 1 rings (SSSR count). The molecule has 0 radical (unpaired) electrons. The van der Waals surface area contributed by atoms with E-state index < -0.39 is 0 Å². The molecule has 0 spiro atoms. The van der Waals surface area contributed by atoms with Gasteiger partial charge in [0.2, 0.25) is 0 Å². The summed E-state index contributed by atoms with van der Waals surface area (Å²) < 4.78 is 5.22. The Hall–Kier alpha value is -0.630. The molecular weight excluding hydrogens is 128 g/mol. The van der Waals surface area contributed by atoms with E-state index in [0.717, 1.165) is 0 Å². The first-order valence-electron chi connectivity index (χ1n) is 3.53. The molecule has 0 aromatic heterocycles. The van der Waals surface area contributed by atoms with Gasteiger partial charge in [0, 0.05) is 0 Å². The summed E-state index contributed by atoms with van der Waals surface area (Å²) in [6.45, 7) is 4.40. The fourth-order valence-corrected chi connectivity index (χ4v) is 0.899. The molecule has 0 saturated heterocycles. The Morgan fingerprint density at radius 3 is 2.80 bits per heavy atom. The lowest BCUT2D eigenvalue weighted by Gasteiger charge is -2.19. The molecule has 0 saturated carbocycles. The maximum atomic E-state index is 10.6. The summed E-state index contributed by atoms with van der Waals surface area (Å²) in [5.74, 6) is 0.529. The van der Waals surface area contributed by atoms with Crippen LogP contribution in [0.3, 0.4) is 0 Å². The van der Waals surface area contributed by atoms with E-state index in [0.29, 0.717) is 5.92 Å². The molecule has 0 aliphatic carbocycles. The summed E-state index contributed by atoms with van der Waals surface area (Å²) in [6.07, 6.45) is 3.57. The van der Waals surface area contributed by atoms with E-state index in [1.807, 2.05) is 6.08 Å². The number of carbonyl (C=O) groups excluding carboxylic acids is 1. The van der Waals surface area contributed by atoms with E-state index in [1.54, 1.807) is 6.08 Å². The van der Waals surface area contributed by atoms with Gasteiger partial charge in [0.05, 0.1) is 6.10 Å². The van der Waals surface area contributed by atoms with Crippen LogP contribution >= 0.6 is 0 Å². The molecule has 10 heavy (non-hydrogen) atoms. The highest BCUT2D eigenvalue weighted by atomic mass is 16.5. The maximum absolute atomic E-state index is 10.6. The molecule has 0 aromatic rings. The van der Waals surface area contributed by atoms with Crippen LogP contribution in [0.1, 0.15) is 13.8 Å². The smallest absolute Gasteiger partial charge is 0.181 e. The molecule has 0 N–H and O–H groups in total. The van der Waals surface area contributed by atoms with Crippen molar-refractivity contribution in [1.29, 1.82) is 0 Å². The van der Waals surface area contributed by atoms with Gasteiger partial charge in [-0.2, -0.15) is 0 Å². The highest BCUT2D eigenvalue weighted by molar-refractivity contribution is 5.91. The predicted molar refractivity (Wildman–Crippen MR) is 38.7 cm³/mol. The molecule has 1 aliphatic heterocycles. The Balaban J connectivity index is 2.53. The van der Waals surface area contributed by atoms with E-state index in [2.05, 4.69) is 13.8 Å². The molecule has 1 heterocycles. The summed E-state index contributed by atoms with van der Waals surface area (Å²) in [4.78, 5) is 10.6. The zero-order valence-corrected chi connectivity index (χ0v) is 6.33. The molecule has 1 atom stereocenters. The first kappa shape index (κ1) is 7.48. The minimum atomic E-state index is 0.0666. The van der Waals surface area contributed by atoms with Crippen molar-refractivity contribution in [3.05, 3.63) is 12.2 Å². The number of hydrogen-bond donors (Lipinski definition) is 0. The van der Waals surface area contributed by atoms with E-state index in [-0.39, 0.29) is 18.5 Å². The maximum Gasteiger partial charge on any atom is 0.181 e. The predicted octanol–water partition coefficient (Wildman–Crippen LogP) is 1.17. The molecule has 1 unspecified atom stereocenters. The Labute approximate surface area is 60.9 Å². The van der Waals surface area contributed by atoms with Gasteiger partial charge in [-0.25, -0.2) is 0 Å². The third-order valence-corrected chi connectivity index (χ3v) is 1.55. The van der Waals surface area contributed by atoms with E-state index in [4.69, 9.17) is 4.74 Å². The quantitative estimate of drug-likeness (QED) is 0.546. The van der Waals surface area contributed by atoms with Crippen molar-refractivity contribution < 1.29 is 9.53 Å². The topological polar surface area (TPSA) is 26.3 Å². The summed E-state index contributed by atoms with van der Waals surface area (Å²) in [5.41, 5.74) is 0. The summed E-state index contributed by atoms with van der Waals surface area (Å²) in [7, 11) is 0. The fourth-order valence-electron chi connectivity index (χ4n) is 0.899. The van der Waals surface area contributed by atoms with Crippen LogP contribution in [0, 0.1) is 5.92 Å². The van der Waals surface area contributed by atoms with Crippen LogP contribution in [0.25, 0.3) is 0 Å². The van der Waals surface area contributed by atoms with E-state index in [9.17, 15) is 4.79 Å². The third kappa shape index (κ3) is 1.67. The Kier molecular flexibility index (Phi) is 2.22. The van der Waals surface area contributed by atoms with E-state index in [1.165, 1.54) is 0 Å². The van der Waals surface area contributed by atoms with Gasteiger partial charge in [-0.15, -0.1) is 0 Å². The van der Waals surface area contributed by atoms with Gasteiger partial charge in [-0.3, -0.25) is 4.79 Å². The van der Waals surface area contributed by atoms with Crippen molar-refractivity contribution in [3.8, 4) is 0 Å².